The summed E-state index contributed by atoms with van der Waals surface area (Å²) in [6, 6.07) is 12.5. The predicted octanol–water partition coefficient (Wildman–Crippen LogP) is 3.56. The van der Waals surface area contributed by atoms with Crippen molar-refractivity contribution in [2.45, 2.75) is 24.3 Å². The third-order valence-corrected chi connectivity index (χ3v) is 5.80. The SMILES string of the molecule is Cc1ccc(Br)cc1S(=O)(=O)N[C@H]1CCOc2ccccc21. The largest absolute Gasteiger partial charge is 0.493 e. The first-order valence-corrected chi connectivity index (χ1v) is 9.25. The van der Waals surface area contributed by atoms with E-state index in [1.54, 1.807) is 19.1 Å². The van der Waals surface area contributed by atoms with Crippen LogP contribution in [0, 0.1) is 6.92 Å². The van der Waals surface area contributed by atoms with Gasteiger partial charge in [-0.2, -0.15) is 0 Å². The topological polar surface area (TPSA) is 55.4 Å². The van der Waals surface area contributed by atoms with Gasteiger partial charge in [0.05, 0.1) is 17.5 Å². The van der Waals surface area contributed by atoms with Crippen LogP contribution < -0.4 is 9.46 Å². The van der Waals surface area contributed by atoms with Gasteiger partial charge in [0.1, 0.15) is 5.75 Å². The van der Waals surface area contributed by atoms with E-state index in [-0.39, 0.29) is 6.04 Å². The Morgan fingerprint density at radius 1 is 1.23 bits per heavy atom. The first-order chi connectivity index (χ1) is 10.5. The Hall–Kier alpha value is -1.37. The van der Waals surface area contributed by atoms with E-state index in [1.807, 2.05) is 30.3 Å². The second-order valence-electron chi connectivity index (χ2n) is 5.26. The normalized spacial score (nSPS) is 17.6. The summed E-state index contributed by atoms with van der Waals surface area (Å²) < 4.78 is 34.5. The van der Waals surface area contributed by atoms with E-state index in [9.17, 15) is 8.42 Å². The molecule has 0 bridgehead atoms. The molecule has 116 valence electrons. The lowest BCUT2D eigenvalue weighted by atomic mass is 10.0. The smallest absolute Gasteiger partial charge is 0.241 e. The van der Waals surface area contributed by atoms with Crippen LogP contribution in [0.15, 0.2) is 51.8 Å². The van der Waals surface area contributed by atoms with Gasteiger partial charge < -0.3 is 4.74 Å². The van der Waals surface area contributed by atoms with Gasteiger partial charge >= 0.3 is 0 Å². The van der Waals surface area contributed by atoms with Gasteiger partial charge in [-0.1, -0.05) is 40.2 Å². The Labute approximate surface area is 138 Å². The van der Waals surface area contributed by atoms with Crippen LogP contribution in [-0.2, 0) is 10.0 Å². The molecule has 0 saturated heterocycles. The van der Waals surface area contributed by atoms with E-state index in [2.05, 4.69) is 20.7 Å². The minimum Gasteiger partial charge on any atom is -0.493 e. The molecule has 1 heterocycles. The van der Waals surface area contributed by atoms with Crippen LogP contribution >= 0.6 is 15.9 Å². The molecule has 3 rings (SSSR count). The van der Waals surface area contributed by atoms with Crippen LogP contribution in [0.2, 0.25) is 0 Å². The van der Waals surface area contributed by atoms with Gasteiger partial charge in [-0.3, -0.25) is 0 Å². The van der Waals surface area contributed by atoms with E-state index in [1.165, 1.54) is 0 Å². The van der Waals surface area contributed by atoms with Crippen molar-refractivity contribution in [1.82, 2.24) is 4.72 Å². The van der Waals surface area contributed by atoms with Crippen LogP contribution in [0.5, 0.6) is 5.75 Å². The molecule has 0 fully saturated rings. The Morgan fingerprint density at radius 2 is 2.00 bits per heavy atom. The van der Waals surface area contributed by atoms with Crippen molar-refractivity contribution in [2.24, 2.45) is 0 Å². The van der Waals surface area contributed by atoms with Gasteiger partial charge in [0.25, 0.3) is 0 Å². The van der Waals surface area contributed by atoms with Crippen molar-refractivity contribution in [3.8, 4) is 5.75 Å². The fourth-order valence-corrected chi connectivity index (χ4v) is 4.61. The van der Waals surface area contributed by atoms with Gasteiger partial charge in [-0.05, 0) is 30.7 Å². The summed E-state index contributed by atoms with van der Waals surface area (Å²) in [5.41, 5.74) is 1.60. The standard InChI is InChI=1S/C16H16BrNO3S/c1-11-6-7-12(17)10-16(11)22(19,20)18-14-8-9-21-15-5-3-2-4-13(14)15/h2-7,10,14,18H,8-9H2,1H3/t14-/m0/s1. The predicted molar refractivity (Wildman–Crippen MR) is 88.5 cm³/mol. The molecule has 6 heteroatoms. The quantitative estimate of drug-likeness (QED) is 0.883. The maximum Gasteiger partial charge on any atom is 0.241 e. The summed E-state index contributed by atoms with van der Waals surface area (Å²) in [4.78, 5) is 0.297. The monoisotopic (exact) mass is 381 g/mol. The Morgan fingerprint density at radius 3 is 2.82 bits per heavy atom. The highest BCUT2D eigenvalue weighted by Gasteiger charge is 2.27. The van der Waals surface area contributed by atoms with Crippen molar-refractivity contribution in [3.05, 3.63) is 58.1 Å². The van der Waals surface area contributed by atoms with Crippen molar-refractivity contribution in [2.75, 3.05) is 6.61 Å². The Balaban J connectivity index is 1.95. The number of sulfonamides is 1. The average Bonchev–Trinajstić information content (AvgIpc) is 2.50. The number of para-hydroxylation sites is 1. The molecule has 0 aliphatic carbocycles. The molecule has 2 aromatic rings. The van der Waals surface area contributed by atoms with Gasteiger partial charge in [0.2, 0.25) is 10.0 Å². The number of nitrogens with one attached hydrogen (secondary N) is 1. The third kappa shape index (κ3) is 3.04. The van der Waals surface area contributed by atoms with E-state index >= 15 is 0 Å². The second-order valence-corrected chi connectivity index (χ2v) is 7.86. The number of aryl methyl sites for hydroxylation is 1. The summed E-state index contributed by atoms with van der Waals surface area (Å²) in [7, 11) is -3.59. The van der Waals surface area contributed by atoms with Gasteiger partial charge in [0.15, 0.2) is 0 Å². The highest BCUT2D eigenvalue weighted by molar-refractivity contribution is 9.10. The molecule has 0 amide bonds. The van der Waals surface area contributed by atoms with Gasteiger partial charge in [-0.15, -0.1) is 0 Å². The first kappa shape index (κ1) is 15.5. The average molecular weight is 382 g/mol. The molecule has 0 aromatic heterocycles. The lowest BCUT2D eigenvalue weighted by Gasteiger charge is -2.26. The number of hydrogen-bond acceptors (Lipinski definition) is 3. The number of hydrogen-bond donors (Lipinski definition) is 1. The Bertz CT molecular complexity index is 805. The van der Waals surface area contributed by atoms with E-state index in [4.69, 9.17) is 4.74 Å². The van der Waals surface area contributed by atoms with E-state index < -0.39 is 10.0 Å². The summed E-state index contributed by atoms with van der Waals surface area (Å²) in [6.07, 6.45) is 0.614. The number of halogens is 1. The number of benzene rings is 2. The maximum absolute atomic E-state index is 12.7. The van der Waals surface area contributed by atoms with E-state index in [0.29, 0.717) is 17.9 Å². The zero-order valence-electron chi connectivity index (χ0n) is 12.0. The van der Waals surface area contributed by atoms with Gasteiger partial charge in [-0.25, -0.2) is 13.1 Å². The number of fused-ring (bicyclic) bond motifs is 1. The van der Waals surface area contributed by atoms with Crippen LogP contribution in [0.3, 0.4) is 0 Å². The summed E-state index contributed by atoms with van der Waals surface area (Å²) >= 11 is 3.33. The fraction of sp³-hybridized carbons (Fsp3) is 0.250. The molecule has 1 atom stereocenters. The zero-order valence-corrected chi connectivity index (χ0v) is 14.4. The molecule has 1 N–H and O–H groups in total. The molecule has 0 spiro atoms. The number of rotatable bonds is 3. The lowest BCUT2D eigenvalue weighted by Crippen LogP contribution is -2.32. The molecule has 1 aliphatic rings. The molecule has 1 aliphatic heterocycles. The van der Waals surface area contributed by atoms with Crippen molar-refractivity contribution >= 4 is 26.0 Å². The first-order valence-electron chi connectivity index (χ1n) is 6.97. The highest BCUT2D eigenvalue weighted by atomic mass is 79.9. The minimum atomic E-state index is -3.59. The molecule has 22 heavy (non-hydrogen) atoms. The molecular formula is C16H16BrNO3S. The Kier molecular flexibility index (Phi) is 4.25. The highest BCUT2D eigenvalue weighted by Crippen LogP contribution is 2.33. The van der Waals surface area contributed by atoms with Crippen LogP contribution in [0.25, 0.3) is 0 Å². The summed E-state index contributed by atoms with van der Waals surface area (Å²) in [5.74, 6) is 0.743. The summed E-state index contributed by atoms with van der Waals surface area (Å²) in [5, 5.41) is 0. The maximum atomic E-state index is 12.7. The molecule has 4 nitrogen and oxygen atoms in total. The van der Waals surface area contributed by atoms with Crippen molar-refractivity contribution in [3.63, 3.8) is 0 Å². The van der Waals surface area contributed by atoms with Crippen LogP contribution in [0.1, 0.15) is 23.6 Å². The zero-order chi connectivity index (χ0) is 15.7. The van der Waals surface area contributed by atoms with Crippen molar-refractivity contribution < 1.29 is 13.2 Å². The van der Waals surface area contributed by atoms with Gasteiger partial charge in [0, 0.05) is 16.5 Å². The number of ether oxygens (including phenoxy) is 1. The van der Waals surface area contributed by atoms with Crippen LogP contribution in [-0.4, -0.2) is 15.0 Å². The molecule has 0 saturated carbocycles. The minimum absolute atomic E-state index is 0.270. The summed E-state index contributed by atoms with van der Waals surface area (Å²) in [6.45, 7) is 2.29. The van der Waals surface area contributed by atoms with Crippen LogP contribution in [0.4, 0.5) is 0 Å². The molecule has 2 aromatic carbocycles. The lowest BCUT2D eigenvalue weighted by molar-refractivity contribution is 0.263. The second kappa shape index (κ2) is 6.02. The molecular weight excluding hydrogens is 366 g/mol. The van der Waals surface area contributed by atoms with E-state index in [0.717, 1.165) is 21.3 Å². The molecule has 0 radical (unpaired) electrons. The molecule has 0 unspecified atom stereocenters. The van der Waals surface area contributed by atoms with Crippen molar-refractivity contribution in [1.29, 1.82) is 0 Å². The fourth-order valence-electron chi connectivity index (χ4n) is 2.58. The third-order valence-electron chi connectivity index (χ3n) is 3.70.